The highest BCUT2D eigenvalue weighted by molar-refractivity contribution is 6.30. The molecule has 30 heavy (non-hydrogen) atoms. The number of carbonyl (C=O) groups excluding carboxylic acids is 1. The van der Waals surface area contributed by atoms with E-state index in [1.165, 1.54) is 0 Å². The topological polar surface area (TPSA) is 64.1 Å². The number of nitrogens with zero attached hydrogens (tertiary/aromatic N) is 2. The second-order valence-corrected chi connectivity index (χ2v) is 8.77. The molecule has 5 nitrogen and oxygen atoms in total. The molecular formula is C24H24ClN3O2. The molecule has 3 unspecified atom stereocenters. The second kappa shape index (κ2) is 7.88. The van der Waals surface area contributed by atoms with Crippen molar-refractivity contribution in [3.63, 3.8) is 0 Å². The van der Waals surface area contributed by atoms with Crippen molar-refractivity contribution in [1.29, 1.82) is 0 Å². The summed E-state index contributed by atoms with van der Waals surface area (Å²) in [5.41, 5.74) is 1.51. The molecule has 2 aliphatic carbocycles. The highest BCUT2D eigenvalue weighted by Crippen LogP contribution is 2.60. The quantitative estimate of drug-likeness (QED) is 0.615. The van der Waals surface area contributed by atoms with E-state index in [0.717, 1.165) is 35.9 Å². The molecule has 6 heteroatoms. The fraction of sp³-hybridized carbons (Fsp3) is 0.375. The number of fused-ring (bicyclic) bond motifs is 2. The molecule has 0 radical (unpaired) electrons. The number of ether oxygens (including phenoxy) is 1. The maximum absolute atomic E-state index is 12.6. The summed E-state index contributed by atoms with van der Waals surface area (Å²) in [6.07, 6.45) is 4.90. The number of amides is 1. The van der Waals surface area contributed by atoms with Crippen LogP contribution in [0.1, 0.15) is 36.5 Å². The van der Waals surface area contributed by atoms with Crippen LogP contribution in [0, 0.1) is 17.8 Å². The molecular weight excluding hydrogens is 398 g/mol. The number of aromatic nitrogens is 2. The van der Waals surface area contributed by atoms with Crippen LogP contribution in [-0.2, 0) is 0 Å². The first kappa shape index (κ1) is 19.3. The van der Waals surface area contributed by atoms with Gasteiger partial charge < -0.3 is 10.1 Å². The molecule has 2 aliphatic rings. The summed E-state index contributed by atoms with van der Waals surface area (Å²) in [6, 6.07) is 15.2. The molecule has 1 amide bonds. The van der Waals surface area contributed by atoms with E-state index >= 15 is 0 Å². The first-order chi connectivity index (χ1) is 14.6. The number of carbonyl (C=O) groups is 1. The zero-order valence-electron chi connectivity index (χ0n) is 16.8. The molecule has 3 aromatic rings. The lowest BCUT2D eigenvalue weighted by Crippen LogP contribution is -2.37. The molecule has 2 aromatic carbocycles. The van der Waals surface area contributed by atoms with Gasteiger partial charge in [0, 0.05) is 22.0 Å². The van der Waals surface area contributed by atoms with E-state index in [4.69, 9.17) is 16.3 Å². The van der Waals surface area contributed by atoms with Gasteiger partial charge in [-0.3, -0.25) is 4.79 Å². The highest BCUT2D eigenvalue weighted by atomic mass is 35.5. The zero-order valence-corrected chi connectivity index (χ0v) is 17.5. The lowest BCUT2D eigenvalue weighted by Gasteiger charge is -2.22. The predicted molar refractivity (Wildman–Crippen MR) is 117 cm³/mol. The van der Waals surface area contributed by atoms with Crippen LogP contribution in [0.15, 0.2) is 54.7 Å². The molecule has 1 heterocycles. The molecule has 1 aromatic heterocycles. The van der Waals surface area contributed by atoms with E-state index in [1.54, 1.807) is 30.5 Å². The number of nitrogens with one attached hydrogen (secondary N) is 1. The van der Waals surface area contributed by atoms with Gasteiger partial charge in [0.15, 0.2) is 0 Å². The minimum Gasteiger partial charge on any atom is -0.488 e. The Bertz CT molecular complexity index is 1050. The standard InChI is InChI=1S/C24H24ClN3O2/c1-2-20(27-24(29)14-7-9-15(25)10-8-14)23-18-11-16(12-19(18)23)30-22-13-26-28-21-6-4-3-5-17(21)22/h3-10,13,16,18-20,23H,2,11-12H2,1H3,(H,27,29)/t16?,18-,19+,20?,23?. The van der Waals surface area contributed by atoms with E-state index in [0.29, 0.717) is 28.3 Å². The molecule has 154 valence electrons. The van der Waals surface area contributed by atoms with Crippen molar-refractivity contribution in [3.05, 3.63) is 65.3 Å². The Labute approximate surface area is 180 Å². The summed E-state index contributed by atoms with van der Waals surface area (Å²) < 4.78 is 6.31. The Hall–Kier alpha value is -2.66. The van der Waals surface area contributed by atoms with Gasteiger partial charge in [-0.1, -0.05) is 30.7 Å². The molecule has 5 atom stereocenters. The van der Waals surface area contributed by atoms with Crippen molar-refractivity contribution in [2.75, 3.05) is 0 Å². The van der Waals surface area contributed by atoms with Crippen molar-refractivity contribution in [2.24, 2.45) is 17.8 Å². The average Bonchev–Trinajstić information content (AvgIpc) is 3.26. The smallest absolute Gasteiger partial charge is 0.251 e. The minimum atomic E-state index is -0.0226. The van der Waals surface area contributed by atoms with Crippen molar-refractivity contribution in [3.8, 4) is 5.75 Å². The fourth-order valence-electron chi connectivity index (χ4n) is 5.11. The average molecular weight is 422 g/mol. The number of hydrogen-bond donors (Lipinski definition) is 1. The van der Waals surface area contributed by atoms with Crippen LogP contribution in [0.25, 0.3) is 10.9 Å². The summed E-state index contributed by atoms with van der Waals surface area (Å²) in [7, 11) is 0. The summed E-state index contributed by atoms with van der Waals surface area (Å²) in [6.45, 7) is 2.14. The number of rotatable bonds is 6. The zero-order chi connectivity index (χ0) is 20.7. The van der Waals surface area contributed by atoms with Crippen LogP contribution >= 0.6 is 11.6 Å². The molecule has 2 saturated carbocycles. The molecule has 5 rings (SSSR count). The molecule has 2 fully saturated rings. The first-order valence-electron chi connectivity index (χ1n) is 10.6. The van der Waals surface area contributed by atoms with Crippen molar-refractivity contribution < 1.29 is 9.53 Å². The lowest BCUT2D eigenvalue weighted by molar-refractivity contribution is 0.0924. The Morgan fingerprint density at radius 3 is 2.63 bits per heavy atom. The third kappa shape index (κ3) is 3.63. The van der Waals surface area contributed by atoms with Crippen LogP contribution in [0.4, 0.5) is 0 Å². The highest BCUT2D eigenvalue weighted by Gasteiger charge is 2.59. The van der Waals surface area contributed by atoms with Crippen LogP contribution in [0.3, 0.4) is 0 Å². The monoisotopic (exact) mass is 421 g/mol. The van der Waals surface area contributed by atoms with Crippen molar-refractivity contribution in [1.82, 2.24) is 15.5 Å². The fourth-order valence-corrected chi connectivity index (χ4v) is 5.24. The van der Waals surface area contributed by atoms with Gasteiger partial charge in [-0.05, 0) is 73.4 Å². The summed E-state index contributed by atoms with van der Waals surface area (Å²) in [5, 5.41) is 13.1. The second-order valence-electron chi connectivity index (χ2n) is 8.34. The Morgan fingerprint density at radius 2 is 1.90 bits per heavy atom. The summed E-state index contributed by atoms with van der Waals surface area (Å²) in [4.78, 5) is 12.6. The molecule has 0 bridgehead atoms. The van der Waals surface area contributed by atoms with E-state index in [2.05, 4.69) is 22.4 Å². The predicted octanol–water partition coefficient (Wildman–Crippen LogP) is 4.90. The van der Waals surface area contributed by atoms with Crippen LogP contribution in [-0.4, -0.2) is 28.3 Å². The van der Waals surface area contributed by atoms with Gasteiger partial charge in [0.2, 0.25) is 0 Å². The molecule has 0 spiro atoms. The Balaban J connectivity index is 1.20. The number of halogens is 1. The van der Waals surface area contributed by atoms with Crippen LogP contribution in [0.5, 0.6) is 5.75 Å². The minimum absolute atomic E-state index is 0.0226. The first-order valence-corrected chi connectivity index (χ1v) is 11.0. The van der Waals surface area contributed by atoms with E-state index in [1.807, 2.05) is 24.3 Å². The Kier molecular flexibility index (Phi) is 5.07. The summed E-state index contributed by atoms with van der Waals surface area (Å²) >= 11 is 5.93. The maximum Gasteiger partial charge on any atom is 0.251 e. The van der Waals surface area contributed by atoms with E-state index in [9.17, 15) is 4.79 Å². The largest absolute Gasteiger partial charge is 0.488 e. The van der Waals surface area contributed by atoms with E-state index in [-0.39, 0.29) is 18.1 Å². The lowest BCUT2D eigenvalue weighted by atomic mass is 10.00. The van der Waals surface area contributed by atoms with Gasteiger partial charge in [0.25, 0.3) is 5.91 Å². The normalized spacial score (nSPS) is 25.5. The summed E-state index contributed by atoms with van der Waals surface area (Å²) in [5.74, 6) is 2.56. The van der Waals surface area contributed by atoms with Gasteiger partial charge >= 0.3 is 0 Å². The molecule has 1 N–H and O–H groups in total. The van der Waals surface area contributed by atoms with Gasteiger partial charge in [-0.15, -0.1) is 0 Å². The number of hydrogen-bond acceptors (Lipinski definition) is 4. The number of benzene rings is 2. The van der Waals surface area contributed by atoms with Gasteiger partial charge in [0.05, 0.1) is 17.8 Å². The third-order valence-corrected chi connectivity index (χ3v) is 6.85. The van der Waals surface area contributed by atoms with Gasteiger partial charge in [-0.2, -0.15) is 10.2 Å². The van der Waals surface area contributed by atoms with Crippen LogP contribution in [0.2, 0.25) is 5.02 Å². The third-order valence-electron chi connectivity index (χ3n) is 6.60. The SMILES string of the molecule is CCC(NC(=O)c1ccc(Cl)cc1)C1[C@H]2CC(Oc3cnnc4ccccc34)C[C@@H]12. The van der Waals surface area contributed by atoms with Gasteiger partial charge in [0.1, 0.15) is 5.75 Å². The van der Waals surface area contributed by atoms with Crippen molar-refractivity contribution >= 4 is 28.4 Å². The van der Waals surface area contributed by atoms with E-state index < -0.39 is 0 Å². The molecule has 0 aliphatic heterocycles. The maximum atomic E-state index is 12.6. The van der Waals surface area contributed by atoms with Crippen molar-refractivity contribution in [2.45, 2.75) is 38.3 Å². The van der Waals surface area contributed by atoms with Crippen LogP contribution < -0.4 is 10.1 Å². The van der Waals surface area contributed by atoms with Gasteiger partial charge in [-0.25, -0.2) is 0 Å². The Morgan fingerprint density at radius 1 is 1.17 bits per heavy atom. The molecule has 0 saturated heterocycles.